The first kappa shape index (κ1) is 14.9. The zero-order valence-electron chi connectivity index (χ0n) is 11.6. The van der Waals surface area contributed by atoms with Crippen molar-refractivity contribution in [3.8, 4) is 0 Å². The SMILES string of the molecule is O=C(NCC1(CO)CC1)NC1CCc2c1ccc(Cl)c2Cl. The third-order valence-corrected chi connectivity index (χ3v) is 5.36. The van der Waals surface area contributed by atoms with Crippen LogP contribution in [0.1, 0.15) is 36.4 Å². The van der Waals surface area contributed by atoms with Crippen molar-refractivity contribution in [3.05, 3.63) is 33.3 Å². The van der Waals surface area contributed by atoms with Crippen molar-refractivity contribution < 1.29 is 9.90 Å². The van der Waals surface area contributed by atoms with Gasteiger partial charge in [-0.2, -0.15) is 0 Å². The maximum absolute atomic E-state index is 12.0. The molecule has 0 saturated heterocycles. The Hall–Kier alpha value is -0.970. The summed E-state index contributed by atoms with van der Waals surface area (Å²) < 4.78 is 0. The summed E-state index contributed by atoms with van der Waals surface area (Å²) in [5.41, 5.74) is 1.99. The molecule has 0 radical (unpaired) electrons. The van der Waals surface area contributed by atoms with Crippen molar-refractivity contribution in [2.45, 2.75) is 31.7 Å². The zero-order chi connectivity index (χ0) is 15.0. The van der Waals surface area contributed by atoms with E-state index in [9.17, 15) is 9.90 Å². The summed E-state index contributed by atoms with van der Waals surface area (Å²) in [6, 6.07) is 3.47. The van der Waals surface area contributed by atoms with E-state index in [-0.39, 0.29) is 24.1 Å². The van der Waals surface area contributed by atoms with E-state index in [0.29, 0.717) is 16.6 Å². The number of amides is 2. The molecule has 0 aromatic heterocycles. The van der Waals surface area contributed by atoms with Gasteiger partial charge in [0.15, 0.2) is 0 Å². The third-order valence-electron chi connectivity index (χ3n) is 4.51. The average molecular weight is 329 g/mol. The molecule has 2 aliphatic carbocycles. The fourth-order valence-electron chi connectivity index (χ4n) is 2.83. The summed E-state index contributed by atoms with van der Waals surface area (Å²) in [7, 11) is 0. The molecule has 6 heteroatoms. The molecule has 0 heterocycles. The summed E-state index contributed by atoms with van der Waals surface area (Å²) in [5, 5.41) is 16.2. The van der Waals surface area contributed by atoms with Gasteiger partial charge in [0.05, 0.1) is 22.7 Å². The fourth-order valence-corrected chi connectivity index (χ4v) is 3.27. The van der Waals surface area contributed by atoms with Gasteiger partial charge in [0, 0.05) is 12.0 Å². The van der Waals surface area contributed by atoms with Crippen LogP contribution < -0.4 is 10.6 Å². The molecule has 2 aliphatic rings. The van der Waals surface area contributed by atoms with E-state index in [4.69, 9.17) is 23.2 Å². The average Bonchev–Trinajstić information content (AvgIpc) is 3.16. The van der Waals surface area contributed by atoms with Crippen LogP contribution in [-0.4, -0.2) is 24.3 Å². The molecule has 21 heavy (non-hydrogen) atoms. The number of carbonyl (C=O) groups excluding carboxylic acids is 1. The molecule has 1 atom stereocenters. The predicted molar refractivity (Wildman–Crippen MR) is 82.8 cm³/mol. The van der Waals surface area contributed by atoms with Crippen LogP contribution in [0.5, 0.6) is 0 Å². The molecule has 3 rings (SSSR count). The molecule has 0 aliphatic heterocycles. The van der Waals surface area contributed by atoms with Crippen LogP contribution in [-0.2, 0) is 6.42 Å². The number of urea groups is 1. The highest BCUT2D eigenvalue weighted by Crippen LogP contribution is 2.44. The largest absolute Gasteiger partial charge is 0.396 e. The molecule has 114 valence electrons. The van der Waals surface area contributed by atoms with Crippen LogP contribution in [0.2, 0.25) is 10.0 Å². The van der Waals surface area contributed by atoms with Crippen LogP contribution >= 0.6 is 23.2 Å². The number of hydrogen-bond donors (Lipinski definition) is 3. The number of aliphatic hydroxyl groups excluding tert-OH is 1. The van der Waals surface area contributed by atoms with E-state index >= 15 is 0 Å². The molecule has 1 saturated carbocycles. The molecular formula is C15H18Cl2N2O2. The van der Waals surface area contributed by atoms with Crippen molar-refractivity contribution >= 4 is 29.2 Å². The van der Waals surface area contributed by atoms with Crippen molar-refractivity contribution in [3.63, 3.8) is 0 Å². The van der Waals surface area contributed by atoms with Crippen molar-refractivity contribution in [1.29, 1.82) is 0 Å². The number of hydrogen-bond acceptors (Lipinski definition) is 2. The first-order valence-corrected chi connectivity index (χ1v) is 7.92. The van der Waals surface area contributed by atoms with Gasteiger partial charge >= 0.3 is 6.03 Å². The van der Waals surface area contributed by atoms with Crippen molar-refractivity contribution in [1.82, 2.24) is 10.6 Å². The van der Waals surface area contributed by atoms with E-state index in [1.807, 2.05) is 6.07 Å². The number of aliphatic hydroxyl groups is 1. The number of carbonyl (C=O) groups is 1. The van der Waals surface area contributed by atoms with Gasteiger partial charge in [-0.15, -0.1) is 0 Å². The highest BCUT2D eigenvalue weighted by molar-refractivity contribution is 6.42. The quantitative estimate of drug-likeness (QED) is 0.795. The van der Waals surface area contributed by atoms with E-state index in [1.54, 1.807) is 6.07 Å². The maximum Gasteiger partial charge on any atom is 0.315 e. The summed E-state index contributed by atoms with van der Waals surface area (Å²) in [5.74, 6) is 0. The lowest BCUT2D eigenvalue weighted by Gasteiger charge is -2.17. The second-order valence-corrected chi connectivity index (χ2v) is 6.79. The molecule has 1 aromatic rings. The van der Waals surface area contributed by atoms with Crippen LogP contribution in [0.4, 0.5) is 4.79 Å². The Morgan fingerprint density at radius 3 is 2.81 bits per heavy atom. The molecule has 4 nitrogen and oxygen atoms in total. The second-order valence-electron chi connectivity index (χ2n) is 6.01. The van der Waals surface area contributed by atoms with Gasteiger partial charge < -0.3 is 15.7 Å². The van der Waals surface area contributed by atoms with E-state index in [0.717, 1.165) is 36.8 Å². The molecule has 3 N–H and O–H groups in total. The van der Waals surface area contributed by atoms with Gasteiger partial charge in [-0.1, -0.05) is 29.3 Å². The molecule has 1 unspecified atom stereocenters. The Kier molecular flexibility index (Phi) is 4.04. The van der Waals surface area contributed by atoms with Crippen molar-refractivity contribution in [2.75, 3.05) is 13.2 Å². The lowest BCUT2D eigenvalue weighted by molar-refractivity contribution is 0.202. The molecule has 0 spiro atoms. The molecule has 1 fully saturated rings. The second kappa shape index (κ2) is 5.67. The number of halogens is 2. The van der Waals surface area contributed by atoms with E-state index in [2.05, 4.69) is 10.6 Å². The molecule has 2 amide bonds. The molecule has 1 aromatic carbocycles. The van der Waals surface area contributed by atoms with Gasteiger partial charge in [0.2, 0.25) is 0 Å². The summed E-state index contributed by atoms with van der Waals surface area (Å²) in [6.07, 6.45) is 3.60. The van der Waals surface area contributed by atoms with Gasteiger partial charge in [-0.3, -0.25) is 0 Å². The van der Waals surface area contributed by atoms with Crippen LogP contribution in [0.3, 0.4) is 0 Å². The zero-order valence-corrected chi connectivity index (χ0v) is 13.1. The maximum atomic E-state index is 12.0. The highest BCUT2D eigenvalue weighted by Gasteiger charge is 2.42. The molecule has 0 bridgehead atoms. The van der Waals surface area contributed by atoms with Crippen LogP contribution in [0.25, 0.3) is 0 Å². The minimum atomic E-state index is -0.196. The lowest BCUT2D eigenvalue weighted by atomic mass is 10.1. The van der Waals surface area contributed by atoms with Gasteiger partial charge in [0.25, 0.3) is 0 Å². The van der Waals surface area contributed by atoms with Crippen LogP contribution in [0.15, 0.2) is 12.1 Å². The summed E-state index contributed by atoms with van der Waals surface area (Å²) >= 11 is 12.2. The smallest absolute Gasteiger partial charge is 0.315 e. The first-order chi connectivity index (χ1) is 10.0. The van der Waals surface area contributed by atoms with Crippen molar-refractivity contribution in [2.24, 2.45) is 5.41 Å². The summed E-state index contributed by atoms with van der Waals surface area (Å²) in [4.78, 5) is 12.0. The minimum Gasteiger partial charge on any atom is -0.396 e. The number of fused-ring (bicyclic) bond motifs is 1. The Morgan fingerprint density at radius 1 is 1.38 bits per heavy atom. The van der Waals surface area contributed by atoms with Gasteiger partial charge in [0.1, 0.15) is 0 Å². The van der Waals surface area contributed by atoms with E-state index < -0.39 is 0 Å². The topological polar surface area (TPSA) is 61.4 Å². The molecular weight excluding hydrogens is 311 g/mol. The Morgan fingerprint density at radius 2 is 2.14 bits per heavy atom. The number of nitrogens with one attached hydrogen (secondary N) is 2. The lowest BCUT2D eigenvalue weighted by Crippen LogP contribution is -2.40. The Balaban J connectivity index is 1.60. The third kappa shape index (κ3) is 2.98. The fraction of sp³-hybridized carbons (Fsp3) is 0.533. The number of benzene rings is 1. The first-order valence-electron chi connectivity index (χ1n) is 7.17. The number of rotatable bonds is 4. The standard InChI is InChI=1S/C15H18Cl2N2O2/c16-11-3-1-9-10(13(11)17)2-4-12(9)19-14(21)18-7-15(8-20)5-6-15/h1,3,12,20H,2,4-8H2,(H2,18,19,21). The Bertz CT molecular complexity index is 573. The van der Waals surface area contributed by atoms with Gasteiger partial charge in [-0.25, -0.2) is 4.79 Å². The normalized spacial score (nSPS) is 21.8. The minimum absolute atomic E-state index is 0.0287. The van der Waals surface area contributed by atoms with E-state index in [1.165, 1.54) is 0 Å². The predicted octanol–water partition coefficient (Wildman–Crippen LogP) is 3.05. The van der Waals surface area contributed by atoms with Crippen LogP contribution in [0, 0.1) is 5.41 Å². The Labute approximate surface area is 133 Å². The van der Waals surface area contributed by atoms with Gasteiger partial charge in [-0.05, 0) is 42.9 Å². The summed E-state index contributed by atoms with van der Waals surface area (Å²) in [6.45, 7) is 0.657. The highest BCUT2D eigenvalue weighted by atomic mass is 35.5. The monoisotopic (exact) mass is 328 g/mol.